The Bertz CT molecular complexity index is 548. The lowest BCUT2D eigenvalue weighted by Crippen LogP contribution is -2.22. The van der Waals surface area contributed by atoms with Crippen LogP contribution in [0.3, 0.4) is 0 Å². The molecule has 0 radical (unpaired) electrons. The van der Waals surface area contributed by atoms with Gasteiger partial charge in [-0.15, -0.1) is 0 Å². The van der Waals surface area contributed by atoms with Crippen LogP contribution in [-0.4, -0.2) is 17.1 Å². The third-order valence-electron chi connectivity index (χ3n) is 5.80. The molecule has 4 nitrogen and oxygen atoms in total. The molecule has 0 bridgehead atoms. The molecule has 172 valence electrons. The summed E-state index contributed by atoms with van der Waals surface area (Å²) < 4.78 is 0. The van der Waals surface area contributed by atoms with E-state index in [-0.39, 0.29) is 12.0 Å². The Morgan fingerprint density at radius 1 is 0.900 bits per heavy atom. The van der Waals surface area contributed by atoms with Gasteiger partial charge in [-0.1, -0.05) is 102 Å². The average Bonchev–Trinajstić information content (AvgIpc) is 2.77. The second-order valence-electron chi connectivity index (χ2n) is 8.67. The van der Waals surface area contributed by atoms with E-state index in [1.807, 2.05) is 18.2 Å². The lowest BCUT2D eigenvalue weighted by atomic mass is 10.0. The van der Waals surface area contributed by atoms with Crippen molar-refractivity contribution in [2.24, 2.45) is 5.73 Å². The first kappa shape index (κ1) is 26.6. The Morgan fingerprint density at radius 3 is 2.10 bits per heavy atom. The number of aliphatic hydroxyl groups is 1. The highest BCUT2D eigenvalue weighted by molar-refractivity contribution is 5.75. The first-order valence-corrected chi connectivity index (χ1v) is 12.4. The fourth-order valence-electron chi connectivity index (χ4n) is 3.82. The molecule has 30 heavy (non-hydrogen) atoms. The number of rotatable bonds is 19. The topological polar surface area (TPSA) is 75.3 Å². The van der Waals surface area contributed by atoms with Crippen LogP contribution in [0.4, 0.5) is 0 Å². The second-order valence-corrected chi connectivity index (χ2v) is 8.67. The lowest BCUT2D eigenvalue weighted by Gasteiger charge is -2.09. The van der Waals surface area contributed by atoms with Crippen molar-refractivity contribution in [2.45, 2.75) is 122 Å². The fraction of sp³-hybridized carbons (Fsp3) is 0.731. The molecule has 0 aliphatic carbocycles. The zero-order valence-corrected chi connectivity index (χ0v) is 19.3. The summed E-state index contributed by atoms with van der Waals surface area (Å²) in [6.07, 6.45) is 17.1. The number of aliphatic hydroxyl groups excluding tert-OH is 1. The van der Waals surface area contributed by atoms with E-state index in [9.17, 15) is 9.90 Å². The number of amides is 1. The van der Waals surface area contributed by atoms with E-state index in [4.69, 9.17) is 5.73 Å². The van der Waals surface area contributed by atoms with Crippen molar-refractivity contribution in [1.29, 1.82) is 0 Å². The summed E-state index contributed by atoms with van der Waals surface area (Å²) in [4.78, 5) is 12.0. The summed E-state index contributed by atoms with van der Waals surface area (Å²) in [5.41, 5.74) is 7.86. The minimum absolute atomic E-state index is 0.0746. The van der Waals surface area contributed by atoms with Crippen molar-refractivity contribution in [3.63, 3.8) is 0 Å². The van der Waals surface area contributed by atoms with Crippen LogP contribution >= 0.6 is 0 Å². The zero-order chi connectivity index (χ0) is 21.9. The average molecular weight is 419 g/mol. The number of benzene rings is 1. The first-order chi connectivity index (χ1) is 14.7. The SMILES string of the molecule is CCCCC(O)CCCCCCCCCCCCC(=O)NCc1cccc(CN)c1. The van der Waals surface area contributed by atoms with Crippen LogP contribution in [0.2, 0.25) is 0 Å². The van der Waals surface area contributed by atoms with E-state index in [2.05, 4.69) is 18.3 Å². The first-order valence-electron chi connectivity index (χ1n) is 12.4. The Morgan fingerprint density at radius 2 is 1.47 bits per heavy atom. The smallest absolute Gasteiger partial charge is 0.220 e. The van der Waals surface area contributed by atoms with Gasteiger partial charge in [0.25, 0.3) is 0 Å². The fourth-order valence-corrected chi connectivity index (χ4v) is 3.82. The van der Waals surface area contributed by atoms with Crippen molar-refractivity contribution >= 4 is 5.91 Å². The van der Waals surface area contributed by atoms with Gasteiger partial charge in [0.1, 0.15) is 0 Å². The molecule has 1 atom stereocenters. The summed E-state index contributed by atoms with van der Waals surface area (Å²) in [6, 6.07) is 8.07. The second kappa shape index (κ2) is 18.4. The van der Waals surface area contributed by atoms with Crippen molar-refractivity contribution in [2.75, 3.05) is 0 Å². The summed E-state index contributed by atoms with van der Waals surface area (Å²) in [6.45, 7) is 3.30. The maximum Gasteiger partial charge on any atom is 0.220 e. The summed E-state index contributed by atoms with van der Waals surface area (Å²) >= 11 is 0. The van der Waals surface area contributed by atoms with Crippen LogP contribution in [0, 0.1) is 0 Å². The van der Waals surface area contributed by atoms with E-state index in [0.717, 1.165) is 43.2 Å². The van der Waals surface area contributed by atoms with Gasteiger partial charge in [-0.3, -0.25) is 4.79 Å². The predicted molar refractivity (Wildman–Crippen MR) is 127 cm³/mol. The monoisotopic (exact) mass is 418 g/mol. The molecular formula is C26H46N2O2. The molecule has 0 fully saturated rings. The molecule has 0 aromatic heterocycles. The van der Waals surface area contributed by atoms with E-state index >= 15 is 0 Å². The summed E-state index contributed by atoms with van der Waals surface area (Å²) in [5.74, 6) is 0.146. The Hall–Kier alpha value is -1.39. The third kappa shape index (κ3) is 14.6. The quantitative estimate of drug-likeness (QED) is 0.241. The minimum Gasteiger partial charge on any atom is -0.393 e. The number of hydrogen-bond donors (Lipinski definition) is 3. The summed E-state index contributed by atoms with van der Waals surface area (Å²) in [7, 11) is 0. The molecule has 4 heteroatoms. The third-order valence-corrected chi connectivity index (χ3v) is 5.80. The minimum atomic E-state index is -0.0746. The van der Waals surface area contributed by atoms with Gasteiger partial charge in [-0.25, -0.2) is 0 Å². The largest absolute Gasteiger partial charge is 0.393 e. The molecule has 1 aromatic rings. The highest BCUT2D eigenvalue weighted by Crippen LogP contribution is 2.14. The van der Waals surface area contributed by atoms with Gasteiger partial charge >= 0.3 is 0 Å². The highest BCUT2D eigenvalue weighted by Gasteiger charge is 2.03. The van der Waals surface area contributed by atoms with Crippen LogP contribution < -0.4 is 11.1 Å². The molecule has 0 aliphatic heterocycles. The predicted octanol–water partition coefficient (Wildman–Crippen LogP) is 5.99. The zero-order valence-electron chi connectivity index (χ0n) is 19.3. The standard InChI is InChI=1S/C26H46N2O2/c1-2-3-17-25(29)18-12-10-8-6-4-5-7-9-11-13-19-26(30)28-22-24-16-14-15-23(20-24)21-27/h14-16,20,25,29H,2-13,17-19,21-22,27H2,1H3,(H,28,30). The Labute approximate surface area is 185 Å². The molecule has 4 N–H and O–H groups in total. The van der Waals surface area contributed by atoms with E-state index in [1.165, 1.54) is 57.8 Å². The summed E-state index contributed by atoms with van der Waals surface area (Å²) in [5, 5.41) is 12.8. The van der Waals surface area contributed by atoms with Crippen molar-refractivity contribution in [1.82, 2.24) is 5.32 Å². The number of carbonyl (C=O) groups excluding carboxylic acids is 1. The van der Waals surface area contributed by atoms with Crippen molar-refractivity contribution < 1.29 is 9.90 Å². The molecule has 1 rings (SSSR count). The van der Waals surface area contributed by atoms with Gasteiger partial charge in [0.15, 0.2) is 0 Å². The van der Waals surface area contributed by atoms with E-state index < -0.39 is 0 Å². The Balaban J connectivity index is 1.86. The van der Waals surface area contributed by atoms with Gasteiger partial charge in [0, 0.05) is 19.5 Å². The Kier molecular flexibility index (Phi) is 16.3. The normalized spacial score (nSPS) is 12.1. The van der Waals surface area contributed by atoms with Crippen molar-refractivity contribution in [3.8, 4) is 0 Å². The number of nitrogens with two attached hydrogens (primary N) is 1. The lowest BCUT2D eigenvalue weighted by molar-refractivity contribution is -0.121. The molecule has 0 heterocycles. The molecule has 0 saturated heterocycles. The van der Waals surface area contributed by atoms with E-state index in [0.29, 0.717) is 19.5 Å². The van der Waals surface area contributed by atoms with Crippen LogP contribution in [0.5, 0.6) is 0 Å². The van der Waals surface area contributed by atoms with Gasteiger partial charge in [-0.05, 0) is 30.4 Å². The van der Waals surface area contributed by atoms with Gasteiger partial charge < -0.3 is 16.2 Å². The van der Waals surface area contributed by atoms with Gasteiger partial charge in [-0.2, -0.15) is 0 Å². The maximum absolute atomic E-state index is 12.0. The molecule has 1 unspecified atom stereocenters. The van der Waals surface area contributed by atoms with Crippen LogP contribution in [0.1, 0.15) is 114 Å². The van der Waals surface area contributed by atoms with Crippen molar-refractivity contribution in [3.05, 3.63) is 35.4 Å². The molecule has 0 spiro atoms. The molecule has 0 saturated carbocycles. The maximum atomic E-state index is 12.0. The van der Waals surface area contributed by atoms with Gasteiger partial charge in [0.2, 0.25) is 5.91 Å². The van der Waals surface area contributed by atoms with Crippen LogP contribution in [-0.2, 0) is 17.9 Å². The number of nitrogens with one attached hydrogen (secondary N) is 1. The van der Waals surface area contributed by atoms with Crippen LogP contribution in [0.25, 0.3) is 0 Å². The molecule has 1 amide bonds. The molecule has 1 aromatic carbocycles. The number of carbonyl (C=O) groups is 1. The number of unbranched alkanes of at least 4 members (excludes halogenated alkanes) is 10. The van der Waals surface area contributed by atoms with E-state index in [1.54, 1.807) is 0 Å². The highest BCUT2D eigenvalue weighted by atomic mass is 16.3. The van der Waals surface area contributed by atoms with Crippen LogP contribution in [0.15, 0.2) is 24.3 Å². The molecular weight excluding hydrogens is 372 g/mol. The molecule has 0 aliphatic rings. The number of hydrogen-bond acceptors (Lipinski definition) is 3. The van der Waals surface area contributed by atoms with Gasteiger partial charge in [0.05, 0.1) is 6.10 Å².